The molecule has 0 heterocycles. The summed E-state index contributed by atoms with van der Waals surface area (Å²) in [6, 6.07) is 1.84. The summed E-state index contributed by atoms with van der Waals surface area (Å²) in [7, 11) is 0. The van der Waals surface area contributed by atoms with Gasteiger partial charge in [-0.3, -0.25) is 20.2 Å². The van der Waals surface area contributed by atoms with Crippen LogP contribution in [0.2, 0.25) is 0 Å². The Bertz CT molecular complexity index is 423. The number of nitrogens with zero attached hydrogens (tertiary/aromatic N) is 3. The van der Waals surface area contributed by atoms with Crippen molar-refractivity contribution in [3.63, 3.8) is 0 Å². The highest BCUT2D eigenvalue weighted by Gasteiger charge is 2.23. The molecule has 0 aliphatic rings. The van der Waals surface area contributed by atoms with Crippen molar-refractivity contribution in [3.8, 4) is 0 Å². The Hall–Kier alpha value is -2.32. The van der Waals surface area contributed by atoms with Gasteiger partial charge < -0.3 is 0 Å². The van der Waals surface area contributed by atoms with Crippen LogP contribution in [0.4, 0.5) is 26.0 Å². The predicted molar refractivity (Wildman–Crippen MR) is 44.4 cm³/mol. The molecule has 15 heavy (non-hydrogen) atoms. The first-order chi connectivity index (χ1) is 6.93. The molecule has 80 valence electrons. The number of nitro benzene ring substituents is 2. The van der Waals surface area contributed by atoms with Crippen LogP contribution < -0.4 is 5.34 Å². The van der Waals surface area contributed by atoms with Gasteiger partial charge in [0.15, 0.2) is 5.69 Å². The van der Waals surface area contributed by atoms with Gasteiger partial charge in [-0.25, -0.2) is 0 Å². The van der Waals surface area contributed by atoms with Gasteiger partial charge in [0, 0.05) is 6.07 Å². The first kappa shape index (κ1) is 10.8. The van der Waals surface area contributed by atoms with Crippen LogP contribution in [0, 0.1) is 20.2 Å². The minimum Gasteiger partial charge on any atom is -0.258 e. The third-order valence-corrected chi connectivity index (χ3v) is 1.55. The molecular weight excluding hydrogens is 216 g/mol. The van der Waals surface area contributed by atoms with Gasteiger partial charge in [0.25, 0.3) is 5.69 Å². The summed E-state index contributed by atoms with van der Waals surface area (Å²) in [5.74, 6) is 0. The summed E-state index contributed by atoms with van der Waals surface area (Å²) in [5, 5.41) is 19.1. The highest BCUT2D eigenvalue weighted by molar-refractivity contribution is 5.64. The lowest BCUT2D eigenvalue weighted by atomic mass is 10.2. The van der Waals surface area contributed by atoms with Crippen molar-refractivity contribution in [3.05, 3.63) is 38.4 Å². The van der Waals surface area contributed by atoms with Crippen molar-refractivity contribution in [1.82, 2.24) is 0 Å². The van der Waals surface area contributed by atoms with Gasteiger partial charge in [-0.2, -0.15) is 0 Å². The molecule has 0 spiro atoms. The molecule has 0 amide bonds. The van der Waals surface area contributed by atoms with Crippen molar-refractivity contribution >= 4 is 17.1 Å². The summed E-state index contributed by atoms with van der Waals surface area (Å²) in [4.78, 5) is 18.5. The van der Waals surface area contributed by atoms with Crippen LogP contribution in [0.25, 0.3) is 0 Å². The topological polar surface area (TPSA) is 89.5 Å². The summed E-state index contributed by atoms with van der Waals surface area (Å²) >= 11 is 0. The first-order valence-corrected chi connectivity index (χ1v) is 3.48. The van der Waals surface area contributed by atoms with E-state index >= 15 is 0 Å². The SMILES string of the molecule is O=[N+]([O-])c1ccc(N(F)F)c([N+](=O)[O-])c1. The van der Waals surface area contributed by atoms with E-state index < -0.39 is 32.3 Å². The second-order valence-electron chi connectivity index (χ2n) is 2.42. The third-order valence-electron chi connectivity index (χ3n) is 1.55. The van der Waals surface area contributed by atoms with Crippen LogP contribution >= 0.6 is 0 Å². The Morgan fingerprint density at radius 3 is 2.13 bits per heavy atom. The van der Waals surface area contributed by atoms with Crippen molar-refractivity contribution in [2.45, 2.75) is 0 Å². The van der Waals surface area contributed by atoms with E-state index in [1.165, 1.54) is 0 Å². The maximum atomic E-state index is 12.1. The highest BCUT2D eigenvalue weighted by Crippen LogP contribution is 2.32. The molecule has 0 saturated carbocycles. The van der Waals surface area contributed by atoms with E-state index in [4.69, 9.17) is 0 Å². The Balaban J connectivity index is 3.33. The second-order valence-corrected chi connectivity index (χ2v) is 2.42. The minimum absolute atomic E-state index is 0.474. The van der Waals surface area contributed by atoms with Crippen LogP contribution in [-0.2, 0) is 0 Å². The third kappa shape index (κ3) is 2.13. The largest absolute Gasteiger partial charge is 0.305 e. The molecule has 0 aliphatic carbocycles. The molecule has 0 N–H and O–H groups in total. The number of non-ortho nitro benzene ring substituents is 1. The lowest BCUT2D eigenvalue weighted by molar-refractivity contribution is -0.393. The number of halogens is 2. The lowest BCUT2D eigenvalue weighted by Crippen LogP contribution is -2.02. The molecule has 0 saturated heterocycles. The molecule has 0 fully saturated rings. The second kappa shape index (κ2) is 3.82. The summed E-state index contributed by atoms with van der Waals surface area (Å²) in [5.41, 5.74) is -2.63. The fourth-order valence-electron chi connectivity index (χ4n) is 0.915. The van der Waals surface area contributed by atoms with Gasteiger partial charge in [0.2, 0.25) is 0 Å². The molecule has 0 aliphatic heterocycles. The number of nitro groups is 2. The number of hydrogen-bond acceptors (Lipinski definition) is 5. The van der Waals surface area contributed by atoms with E-state index in [9.17, 15) is 29.2 Å². The molecule has 0 unspecified atom stereocenters. The summed E-state index contributed by atoms with van der Waals surface area (Å²) in [6.45, 7) is 0. The van der Waals surface area contributed by atoms with Crippen LogP contribution in [0.5, 0.6) is 0 Å². The summed E-state index contributed by atoms with van der Waals surface area (Å²) < 4.78 is 24.2. The molecule has 1 rings (SSSR count). The molecular formula is C6H3F2N3O4. The van der Waals surface area contributed by atoms with Gasteiger partial charge in [0.1, 0.15) is 0 Å². The van der Waals surface area contributed by atoms with E-state index in [0.717, 1.165) is 6.07 Å². The van der Waals surface area contributed by atoms with Crippen LogP contribution in [-0.4, -0.2) is 9.85 Å². The maximum absolute atomic E-state index is 12.1. The molecule has 0 aromatic heterocycles. The van der Waals surface area contributed by atoms with Gasteiger partial charge in [0.05, 0.1) is 15.9 Å². The zero-order valence-corrected chi connectivity index (χ0v) is 6.96. The molecule has 0 bridgehead atoms. The quantitative estimate of drug-likeness (QED) is 0.441. The van der Waals surface area contributed by atoms with E-state index in [1.54, 1.807) is 0 Å². The number of anilines is 1. The van der Waals surface area contributed by atoms with Crippen LogP contribution in [0.3, 0.4) is 0 Å². The Morgan fingerprint density at radius 1 is 1.13 bits per heavy atom. The first-order valence-electron chi connectivity index (χ1n) is 3.48. The Morgan fingerprint density at radius 2 is 1.73 bits per heavy atom. The Labute approximate surface area is 80.7 Å². The molecule has 0 atom stereocenters. The zero-order valence-electron chi connectivity index (χ0n) is 6.96. The van der Waals surface area contributed by atoms with E-state index in [1.807, 2.05) is 0 Å². The summed E-state index contributed by atoms with van der Waals surface area (Å²) in [6.07, 6.45) is 0. The molecule has 1 aromatic rings. The van der Waals surface area contributed by atoms with Crippen molar-refractivity contribution in [2.24, 2.45) is 0 Å². The number of hydrogen-bond donors (Lipinski definition) is 0. The molecule has 7 nitrogen and oxygen atoms in total. The van der Waals surface area contributed by atoms with Crippen LogP contribution in [0.1, 0.15) is 0 Å². The average Bonchev–Trinajstić information content (AvgIpc) is 2.16. The fraction of sp³-hybridized carbons (Fsp3) is 0. The minimum atomic E-state index is -1.47. The Kier molecular flexibility index (Phi) is 2.74. The normalized spacial score (nSPS) is 9.73. The molecule has 1 aromatic carbocycles. The van der Waals surface area contributed by atoms with Crippen molar-refractivity contribution < 1.29 is 18.8 Å². The van der Waals surface area contributed by atoms with Gasteiger partial charge >= 0.3 is 5.69 Å². The van der Waals surface area contributed by atoms with Crippen LogP contribution in [0.15, 0.2) is 18.2 Å². The van der Waals surface area contributed by atoms with Crippen molar-refractivity contribution in [1.29, 1.82) is 0 Å². The monoisotopic (exact) mass is 219 g/mol. The van der Waals surface area contributed by atoms with Gasteiger partial charge in [-0.05, 0) is 11.4 Å². The van der Waals surface area contributed by atoms with E-state index in [2.05, 4.69) is 0 Å². The smallest absolute Gasteiger partial charge is 0.258 e. The molecule has 9 heteroatoms. The standard InChI is InChI=1S/C6H3F2N3O4/c7-9(8)5-2-1-4(10(12)13)3-6(5)11(14)15/h1-3H. The van der Waals surface area contributed by atoms with E-state index in [0.29, 0.717) is 12.1 Å². The zero-order chi connectivity index (χ0) is 11.6. The van der Waals surface area contributed by atoms with E-state index in [-0.39, 0.29) is 0 Å². The van der Waals surface area contributed by atoms with Gasteiger partial charge in [-0.15, -0.1) is 0 Å². The predicted octanol–water partition coefficient (Wildman–Crippen LogP) is 2.08. The highest BCUT2D eigenvalue weighted by atomic mass is 19.4. The fourth-order valence-corrected chi connectivity index (χ4v) is 0.915. The molecule has 0 radical (unpaired) electrons. The number of rotatable bonds is 3. The average molecular weight is 219 g/mol. The number of benzene rings is 1. The van der Waals surface area contributed by atoms with Gasteiger partial charge in [-0.1, -0.05) is 8.96 Å². The lowest BCUT2D eigenvalue weighted by Gasteiger charge is -2.02. The maximum Gasteiger partial charge on any atom is 0.305 e. The van der Waals surface area contributed by atoms with Crippen molar-refractivity contribution in [2.75, 3.05) is 5.34 Å².